The Hall–Kier alpha value is -2.69. The second-order valence-electron chi connectivity index (χ2n) is 6.19. The molecule has 0 heterocycles. The topological polar surface area (TPSA) is 49.4 Å². The van der Waals surface area contributed by atoms with Gasteiger partial charge in [0.2, 0.25) is 11.8 Å². The molecule has 1 fully saturated rings. The van der Waals surface area contributed by atoms with Crippen LogP contribution in [-0.2, 0) is 16.1 Å². The van der Waals surface area contributed by atoms with Gasteiger partial charge in [-0.2, -0.15) is 0 Å². The molecule has 0 bridgehead atoms. The van der Waals surface area contributed by atoms with Gasteiger partial charge < -0.3 is 10.2 Å². The third-order valence-electron chi connectivity index (χ3n) is 4.29. The van der Waals surface area contributed by atoms with Crippen molar-refractivity contribution in [1.82, 2.24) is 4.90 Å². The van der Waals surface area contributed by atoms with Crippen molar-refractivity contribution in [2.45, 2.75) is 19.4 Å². The van der Waals surface area contributed by atoms with Crippen LogP contribution in [0, 0.1) is 11.2 Å². The van der Waals surface area contributed by atoms with Gasteiger partial charge in [0.05, 0.1) is 0 Å². The van der Waals surface area contributed by atoms with E-state index in [0.29, 0.717) is 25.1 Å². The Kier molecular flexibility index (Phi) is 4.34. The van der Waals surface area contributed by atoms with Crippen molar-refractivity contribution in [3.63, 3.8) is 0 Å². The molecular weight excluding hydrogens is 307 g/mol. The molecule has 1 aliphatic carbocycles. The van der Waals surface area contributed by atoms with Gasteiger partial charge in [-0.1, -0.05) is 36.4 Å². The van der Waals surface area contributed by atoms with E-state index in [2.05, 4.69) is 5.32 Å². The predicted octanol–water partition coefficient (Wildman–Crippen LogP) is 3.20. The Morgan fingerprint density at radius 1 is 1.12 bits per heavy atom. The third-order valence-corrected chi connectivity index (χ3v) is 4.29. The van der Waals surface area contributed by atoms with Gasteiger partial charge in [-0.25, -0.2) is 4.39 Å². The average molecular weight is 326 g/mol. The van der Waals surface area contributed by atoms with Gasteiger partial charge in [-0.15, -0.1) is 0 Å². The number of carbonyl (C=O) groups is 2. The summed E-state index contributed by atoms with van der Waals surface area (Å²) in [6.07, 6.45) is 1.04. The quantitative estimate of drug-likeness (QED) is 0.858. The molecule has 0 radical (unpaired) electrons. The highest BCUT2D eigenvalue weighted by molar-refractivity contribution is 6.12. The Balaban J connectivity index is 1.68. The highest BCUT2D eigenvalue weighted by Gasteiger charge is 2.57. The lowest BCUT2D eigenvalue weighted by atomic mass is 10.0. The van der Waals surface area contributed by atoms with Gasteiger partial charge in [0, 0.05) is 19.3 Å². The van der Waals surface area contributed by atoms with Gasteiger partial charge in [0.25, 0.3) is 0 Å². The average Bonchev–Trinajstić information content (AvgIpc) is 3.37. The Morgan fingerprint density at radius 3 is 2.46 bits per heavy atom. The molecule has 5 heteroatoms. The zero-order chi connectivity index (χ0) is 17.2. The molecule has 24 heavy (non-hydrogen) atoms. The maximum absolute atomic E-state index is 13.2. The lowest BCUT2D eigenvalue weighted by Crippen LogP contribution is -2.40. The molecule has 4 nitrogen and oxygen atoms in total. The highest BCUT2D eigenvalue weighted by atomic mass is 19.1. The fraction of sp³-hybridized carbons (Fsp3) is 0.263. The first kappa shape index (κ1) is 16.2. The summed E-state index contributed by atoms with van der Waals surface area (Å²) in [7, 11) is 1.70. The lowest BCUT2D eigenvalue weighted by molar-refractivity contribution is -0.141. The number of anilines is 1. The zero-order valence-corrected chi connectivity index (χ0v) is 13.5. The summed E-state index contributed by atoms with van der Waals surface area (Å²) in [4.78, 5) is 26.8. The van der Waals surface area contributed by atoms with Gasteiger partial charge in [0.15, 0.2) is 0 Å². The van der Waals surface area contributed by atoms with Crippen LogP contribution in [0.3, 0.4) is 0 Å². The number of hydrogen-bond donors (Lipinski definition) is 1. The molecule has 0 unspecified atom stereocenters. The maximum atomic E-state index is 13.2. The van der Waals surface area contributed by atoms with Crippen LogP contribution in [0.1, 0.15) is 18.4 Å². The zero-order valence-electron chi connectivity index (χ0n) is 13.5. The highest BCUT2D eigenvalue weighted by Crippen LogP contribution is 2.48. The molecule has 1 aliphatic rings. The fourth-order valence-electron chi connectivity index (χ4n) is 2.77. The molecule has 0 saturated heterocycles. The first-order valence-electron chi connectivity index (χ1n) is 7.88. The van der Waals surface area contributed by atoms with E-state index in [1.807, 2.05) is 30.3 Å². The third kappa shape index (κ3) is 3.30. The maximum Gasteiger partial charge on any atom is 0.240 e. The van der Waals surface area contributed by atoms with Crippen LogP contribution in [0.4, 0.5) is 10.1 Å². The predicted molar refractivity (Wildman–Crippen MR) is 89.6 cm³/mol. The van der Waals surface area contributed by atoms with E-state index in [4.69, 9.17) is 0 Å². The molecule has 3 rings (SSSR count). The van der Waals surface area contributed by atoms with E-state index < -0.39 is 11.2 Å². The summed E-state index contributed by atoms with van der Waals surface area (Å²) in [5, 5.41) is 2.66. The Labute approximate surface area is 140 Å². The summed E-state index contributed by atoms with van der Waals surface area (Å²) < 4.78 is 13.2. The molecular formula is C19H19FN2O2. The van der Waals surface area contributed by atoms with E-state index in [0.717, 1.165) is 5.56 Å². The van der Waals surface area contributed by atoms with Gasteiger partial charge in [0.1, 0.15) is 11.2 Å². The second-order valence-corrected chi connectivity index (χ2v) is 6.19. The van der Waals surface area contributed by atoms with E-state index in [1.54, 1.807) is 18.0 Å². The first-order chi connectivity index (χ1) is 11.5. The largest absolute Gasteiger partial charge is 0.340 e. The summed E-state index contributed by atoms with van der Waals surface area (Å²) in [6.45, 7) is 0.453. The van der Waals surface area contributed by atoms with Gasteiger partial charge in [-0.05, 0) is 36.6 Å². The molecule has 1 saturated carbocycles. The number of nitrogens with one attached hydrogen (secondary N) is 1. The number of benzene rings is 2. The van der Waals surface area contributed by atoms with Crippen molar-refractivity contribution < 1.29 is 14.0 Å². The van der Waals surface area contributed by atoms with Crippen LogP contribution >= 0.6 is 0 Å². The molecule has 0 atom stereocenters. The number of nitrogens with zero attached hydrogens (tertiary/aromatic N) is 1. The minimum Gasteiger partial charge on any atom is -0.340 e. The second kappa shape index (κ2) is 6.43. The molecule has 0 spiro atoms. The van der Waals surface area contributed by atoms with E-state index >= 15 is 0 Å². The van der Waals surface area contributed by atoms with Crippen molar-refractivity contribution in [1.29, 1.82) is 0 Å². The van der Waals surface area contributed by atoms with Crippen LogP contribution in [0.25, 0.3) is 0 Å². The van der Waals surface area contributed by atoms with Crippen molar-refractivity contribution in [2.75, 3.05) is 12.4 Å². The summed E-state index contributed by atoms with van der Waals surface area (Å²) in [6, 6.07) is 15.3. The Morgan fingerprint density at radius 2 is 1.83 bits per heavy atom. The smallest absolute Gasteiger partial charge is 0.240 e. The summed E-state index contributed by atoms with van der Waals surface area (Å²) in [5.41, 5.74) is 0.357. The number of amides is 2. The standard InChI is InChI=1S/C19H19FN2O2/c1-22(13-14-6-3-2-4-7-14)18(24)19(10-11-19)17(23)21-16-9-5-8-15(20)12-16/h2-9,12H,10-11,13H2,1H3,(H,21,23). The van der Waals surface area contributed by atoms with Crippen molar-refractivity contribution in [2.24, 2.45) is 5.41 Å². The first-order valence-corrected chi connectivity index (χ1v) is 7.88. The molecule has 2 aromatic carbocycles. The van der Waals surface area contributed by atoms with Crippen LogP contribution < -0.4 is 5.32 Å². The van der Waals surface area contributed by atoms with Crippen molar-refractivity contribution in [3.05, 3.63) is 66.0 Å². The van der Waals surface area contributed by atoms with Gasteiger partial charge >= 0.3 is 0 Å². The van der Waals surface area contributed by atoms with Crippen LogP contribution in [0.15, 0.2) is 54.6 Å². The van der Waals surface area contributed by atoms with Crippen LogP contribution in [-0.4, -0.2) is 23.8 Å². The molecule has 0 aliphatic heterocycles. The fourth-order valence-corrected chi connectivity index (χ4v) is 2.77. The minimum absolute atomic E-state index is 0.194. The SMILES string of the molecule is CN(Cc1ccccc1)C(=O)C1(C(=O)Nc2cccc(F)c2)CC1. The molecule has 2 amide bonds. The molecule has 0 aromatic heterocycles. The van der Waals surface area contributed by atoms with E-state index in [1.165, 1.54) is 18.2 Å². The normalized spacial score (nSPS) is 14.8. The van der Waals surface area contributed by atoms with Gasteiger partial charge in [-0.3, -0.25) is 9.59 Å². The number of hydrogen-bond acceptors (Lipinski definition) is 2. The van der Waals surface area contributed by atoms with E-state index in [9.17, 15) is 14.0 Å². The number of carbonyl (C=O) groups excluding carboxylic acids is 2. The summed E-state index contributed by atoms with van der Waals surface area (Å²) >= 11 is 0. The Bertz CT molecular complexity index is 757. The molecule has 124 valence electrons. The van der Waals surface area contributed by atoms with Crippen molar-refractivity contribution in [3.8, 4) is 0 Å². The molecule has 2 aromatic rings. The minimum atomic E-state index is -1.02. The number of rotatable bonds is 5. The number of halogens is 1. The van der Waals surface area contributed by atoms with Crippen LogP contribution in [0.2, 0.25) is 0 Å². The summed E-state index contributed by atoms with van der Waals surface area (Å²) in [5.74, 6) is -0.983. The van der Waals surface area contributed by atoms with E-state index in [-0.39, 0.29) is 11.8 Å². The monoisotopic (exact) mass is 326 g/mol. The van der Waals surface area contributed by atoms with Crippen molar-refractivity contribution >= 4 is 17.5 Å². The lowest BCUT2D eigenvalue weighted by Gasteiger charge is -2.23. The van der Waals surface area contributed by atoms with Crippen LogP contribution in [0.5, 0.6) is 0 Å². The molecule has 1 N–H and O–H groups in total.